The number of fused-ring (bicyclic) bond motifs is 1. The number of hydrogen-bond donors (Lipinski definition) is 2. The van der Waals surface area contributed by atoms with Crippen LogP contribution in [0.4, 0.5) is 15.1 Å². The molecule has 7 nitrogen and oxygen atoms in total. The number of nitrogens with zero attached hydrogens (tertiary/aromatic N) is 2. The largest absolute Gasteiger partial charge is 0.444 e. The van der Waals surface area contributed by atoms with Crippen LogP contribution in [0.1, 0.15) is 26.3 Å². The Hall–Kier alpha value is -3.91. The van der Waals surface area contributed by atoms with Gasteiger partial charge in [-0.2, -0.15) is 0 Å². The van der Waals surface area contributed by atoms with E-state index in [1.54, 1.807) is 11.0 Å². The number of likely N-dealkylation sites (tertiary alicyclic amines) is 1. The second-order valence-corrected chi connectivity index (χ2v) is 10.3. The molecule has 0 bridgehead atoms. The van der Waals surface area contributed by atoms with Crippen LogP contribution in [-0.4, -0.2) is 51.8 Å². The molecule has 1 aliphatic heterocycles. The molecular formula is C29H31FN4O3. The predicted octanol–water partition coefficient (Wildman–Crippen LogP) is 5.99. The molecule has 1 saturated heterocycles. The molecule has 2 atom stereocenters. The Morgan fingerprint density at radius 2 is 1.78 bits per heavy atom. The van der Waals surface area contributed by atoms with E-state index >= 15 is 0 Å². The van der Waals surface area contributed by atoms with Crippen LogP contribution in [0.2, 0.25) is 0 Å². The molecule has 0 radical (unpaired) electrons. The van der Waals surface area contributed by atoms with Crippen LogP contribution in [0.5, 0.6) is 0 Å². The number of rotatable bonds is 6. The topological polar surface area (TPSA) is 79.5 Å². The molecule has 1 fully saturated rings. The fourth-order valence-electron chi connectivity index (χ4n) is 4.41. The van der Waals surface area contributed by atoms with E-state index in [1.807, 2.05) is 39.0 Å². The minimum absolute atomic E-state index is 0.235. The summed E-state index contributed by atoms with van der Waals surface area (Å²) in [5, 5.41) is 3.35. The van der Waals surface area contributed by atoms with Gasteiger partial charge in [-0.25, -0.2) is 14.2 Å². The third-order valence-corrected chi connectivity index (χ3v) is 6.21. The first kappa shape index (κ1) is 24.8. The SMILES string of the molecule is CC(C)(C)OC(=O)N1C[C@H](Nc2nc3ccc(F)cc3[nH]2)[C@@H](OCc2ccc(-c3ccccc3)cc2)C1. The summed E-state index contributed by atoms with van der Waals surface area (Å²) < 4.78 is 25.5. The van der Waals surface area contributed by atoms with Gasteiger partial charge in [-0.1, -0.05) is 54.6 Å². The highest BCUT2D eigenvalue weighted by atomic mass is 19.1. The first-order chi connectivity index (χ1) is 17.7. The zero-order valence-corrected chi connectivity index (χ0v) is 21.2. The number of anilines is 1. The number of hydrogen-bond acceptors (Lipinski definition) is 5. The summed E-state index contributed by atoms with van der Waals surface area (Å²) in [4.78, 5) is 22.1. The Morgan fingerprint density at radius 3 is 2.51 bits per heavy atom. The summed E-state index contributed by atoms with van der Waals surface area (Å²) in [7, 11) is 0. The highest BCUT2D eigenvalue weighted by Crippen LogP contribution is 2.24. The van der Waals surface area contributed by atoms with Crippen molar-refractivity contribution in [1.82, 2.24) is 14.9 Å². The molecule has 2 N–H and O–H groups in total. The first-order valence-corrected chi connectivity index (χ1v) is 12.4. The zero-order chi connectivity index (χ0) is 26.0. The molecule has 192 valence electrons. The summed E-state index contributed by atoms with van der Waals surface area (Å²) in [6, 6.07) is 22.7. The average molecular weight is 503 g/mol. The van der Waals surface area contributed by atoms with E-state index in [4.69, 9.17) is 9.47 Å². The molecule has 4 aromatic rings. The molecule has 1 amide bonds. The maximum Gasteiger partial charge on any atom is 0.410 e. The van der Waals surface area contributed by atoms with Gasteiger partial charge in [-0.3, -0.25) is 0 Å². The number of amides is 1. The van der Waals surface area contributed by atoms with Crippen LogP contribution >= 0.6 is 0 Å². The van der Waals surface area contributed by atoms with Crippen molar-refractivity contribution >= 4 is 23.1 Å². The summed E-state index contributed by atoms with van der Waals surface area (Å²) in [6.45, 7) is 6.69. The number of nitrogens with one attached hydrogen (secondary N) is 2. The molecule has 0 unspecified atom stereocenters. The number of benzene rings is 3. The van der Waals surface area contributed by atoms with E-state index < -0.39 is 5.60 Å². The summed E-state index contributed by atoms with van der Waals surface area (Å²) >= 11 is 0. The van der Waals surface area contributed by atoms with Crippen molar-refractivity contribution in [3.63, 3.8) is 0 Å². The monoisotopic (exact) mass is 502 g/mol. The van der Waals surface area contributed by atoms with Crippen LogP contribution < -0.4 is 5.32 Å². The van der Waals surface area contributed by atoms with Crippen LogP contribution in [0.25, 0.3) is 22.2 Å². The highest BCUT2D eigenvalue weighted by Gasteiger charge is 2.38. The smallest absolute Gasteiger partial charge is 0.410 e. The minimum atomic E-state index is -0.595. The molecule has 1 aliphatic rings. The number of carbonyl (C=O) groups excluding carboxylic acids is 1. The van der Waals surface area contributed by atoms with Crippen molar-refractivity contribution in [2.24, 2.45) is 0 Å². The van der Waals surface area contributed by atoms with Gasteiger partial charge in [0.25, 0.3) is 0 Å². The van der Waals surface area contributed by atoms with Gasteiger partial charge in [0.2, 0.25) is 5.95 Å². The third-order valence-electron chi connectivity index (χ3n) is 6.21. The third kappa shape index (κ3) is 6.09. The molecule has 1 aromatic heterocycles. The number of aromatic nitrogens is 2. The molecule has 3 aromatic carbocycles. The quantitative estimate of drug-likeness (QED) is 0.339. The van der Waals surface area contributed by atoms with Gasteiger partial charge in [-0.15, -0.1) is 0 Å². The van der Waals surface area contributed by atoms with Crippen LogP contribution in [0.15, 0.2) is 72.8 Å². The Kier molecular flexibility index (Phi) is 6.84. The number of imidazole rings is 1. The van der Waals surface area contributed by atoms with E-state index in [0.29, 0.717) is 36.7 Å². The molecule has 8 heteroatoms. The lowest BCUT2D eigenvalue weighted by atomic mass is 10.0. The fraction of sp³-hybridized carbons (Fsp3) is 0.310. The predicted molar refractivity (Wildman–Crippen MR) is 142 cm³/mol. The Bertz CT molecular complexity index is 1370. The summed E-state index contributed by atoms with van der Waals surface area (Å²) in [5.74, 6) is 0.164. The Balaban J connectivity index is 1.29. The van der Waals surface area contributed by atoms with Gasteiger partial charge in [0, 0.05) is 6.54 Å². The summed E-state index contributed by atoms with van der Waals surface area (Å²) in [5.41, 5.74) is 3.99. The molecule has 0 spiro atoms. The van der Waals surface area contributed by atoms with Gasteiger partial charge in [0.1, 0.15) is 11.4 Å². The number of aromatic amines is 1. The van der Waals surface area contributed by atoms with Crippen molar-refractivity contribution in [2.75, 3.05) is 18.4 Å². The normalized spacial score (nSPS) is 17.8. The Labute approximate surface area is 215 Å². The zero-order valence-electron chi connectivity index (χ0n) is 21.2. The van der Waals surface area contributed by atoms with E-state index in [9.17, 15) is 9.18 Å². The fourth-order valence-corrected chi connectivity index (χ4v) is 4.41. The molecule has 0 aliphatic carbocycles. The van der Waals surface area contributed by atoms with Gasteiger partial charge in [-0.05, 0) is 55.7 Å². The lowest BCUT2D eigenvalue weighted by Crippen LogP contribution is -2.36. The summed E-state index contributed by atoms with van der Waals surface area (Å²) in [6.07, 6.45) is -0.685. The van der Waals surface area contributed by atoms with Crippen LogP contribution in [0, 0.1) is 5.82 Å². The lowest BCUT2D eigenvalue weighted by Gasteiger charge is -2.24. The van der Waals surface area contributed by atoms with Gasteiger partial charge in [0.05, 0.1) is 36.3 Å². The van der Waals surface area contributed by atoms with Gasteiger partial charge in [0.15, 0.2) is 0 Å². The van der Waals surface area contributed by atoms with Crippen LogP contribution in [0.3, 0.4) is 0 Å². The lowest BCUT2D eigenvalue weighted by molar-refractivity contribution is 0.0177. The molecular weight excluding hydrogens is 471 g/mol. The molecule has 37 heavy (non-hydrogen) atoms. The minimum Gasteiger partial charge on any atom is -0.444 e. The van der Waals surface area contributed by atoms with Crippen molar-refractivity contribution < 1.29 is 18.7 Å². The molecule has 0 saturated carbocycles. The van der Waals surface area contributed by atoms with Crippen molar-refractivity contribution in [3.8, 4) is 11.1 Å². The number of halogens is 1. The van der Waals surface area contributed by atoms with Crippen molar-refractivity contribution in [1.29, 1.82) is 0 Å². The van der Waals surface area contributed by atoms with Crippen molar-refractivity contribution in [2.45, 2.75) is 45.1 Å². The number of H-pyrrole nitrogens is 1. The van der Waals surface area contributed by atoms with Gasteiger partial charge >= 0.3 is 6.09 Å². The average Bonchev–Trinajstić information content (AvgIpc) is 3.46. The molecule has 2 heterocycles. The number of carbonyl (C=O) groups is 1. The number of ether oxygens (including phenoxy) is 2. The van der Waals surface area contributed by atoms with Crippen molar-refractivity contribution in [3.05, 3.63) is 84.2 Å². The maximum atomic E-state index is 13.6. The highest BCUT2D eigenvalue weighted by molar-refractivity contribution is 5.77. The second-order valence-electron chi connectivity index (χ2n) is 10.3. The van der Waals surface area contributed by atoms with E-state index in [0.717, 1.165) is 16.7 Å². The standard InChI is InChI=1S/C29H31FN4O3/c1-29(2,3)37-28(35)34-16-25(33-27-31-23-14-13-22(30)15-24(23)32-27)26(17-34)36-18-19-9-11-21(12-10-19)20-7-5-4-6-8-20/h4-15,25-26H,16-18H2,1-3H3,(H2,31,32,33)/t25-,26-/m0/s1. The Morgan fingerprint density at radius 1 is 1.05 bits per heavy atom. The second kappa shape index (κ2) is 10.2. The van der Waals surface area contributed by atoms with E-state index in [-0.39, 0.29) is 24.1 Å². The van der Waals surface area contributed by atoms with E-state index in [2.05, 4.69) is 51.7 Å². The maximum absolute atomic E-state index is 13.6. The van der Waals surface area contributed by atoms with Gasteiger partial charge < -0.3 is 24.7 Å². The first-order valence-electron chi connectivity index (χ1n) is 12.4. The van der Waals surface area contributed by atoms with Crippen LogP contribution in [-0.2, 0) is 16.1 Å². The van der Waals surface area contributed by atoms with E-state index in [1.165, 1.54) is 12.1 Å². The molecule has 5 rings (SSSR count).